The van der Waals surface area contributed by atoms with E-state index in [0.29, 0.717) is 21.9 Å². The van der Waals surface area contributed by atoms with Crippen molar-refractivity contribution >= 4 is 87.5 Å². The molecule has 1 aliphatic rings. The Morgan fingerprint density at radius 3 is 2.26 bits per heavy atom. The molecule has 0 heterocycles. The smallest absolute Gasteiger partial charge is 0.257 e. The topological polar surface area (TPSA) is 75.3 Å². The molecule has 3 aromatic carbocycles. The van der Waals surface area contributed by atoms with Crippen molar-refractivity contribution in [3.8, 4) is 0 Å². The third kappa shape index (κ3) is 5.42. The third-order valence-corrected chi connectivity index (χ3v) is 7.15. The molecule has 1 aliphatic carbocycles. The largest absolute Gasteiger partial charge is 0.326 e. The van der Waals surface area contributed by atoms with Crippen LogP contribution in [0.3, 0.4) is 0 Å². The average Bonchev–Trinajstić information content (AvgIpc) is 3.37. The molecular formula is C24H14Cl5FN2O3. The summed E-state index contributed by atoms with van der Waals surface area (Å²) < 4.78 is 12.0. The van der Waals surface area contributed by atoms with Crippen molar-refractivity contribution in [2.75, 3.05) is 10.6 Å². The van der Waals surface area contributed by atoms with Crippen LogP contribution in [-0.4, -0.2) is 22.4 Å². The number of carbonyl (C=O) groups is 3. The Hall–Kier alpha value is -2.35. The van der Waals surface area contributed by atoms with Crippen LogP contribution in [0.2, 0.25) is 15.1 Å². The van der Waals surface area contributed by atoms with E-state index in [0.717, 1.165) is 12.1 Å². The first-order valence-electron chi connectivity index (χ1n) is 10.0. The molecule has 0 saturated heterocycles. The van der Waals surface area contributed by atoms with Crippen LogP contribution in [0, 0.1) is 11.7 Å². The second-order valence-corrected chi connectivity index (χ2v) is 10.5. The van der Waals surface area contributed by atoms with E-state index in [9.17, 15) is 18.8 Å². The molecule has 0 bridgehead atoms. The first-order valence-corrected chi connectivity index (χ1v) is 11.9. The van der Waals surface area contributed by atoms with Crippen molar-refractivity contribution in [3.63, 3.8) is 0 Å². The Kier molecular flexibility index (Phi) is 7.32. The van der Waals surface area contributed by atoms with Gasteiger partial charge in [-0.25, -0.2) is 4.39 Å². The summed E-state index contributed by atoms with van der Waals surface area (Å²) in [6.45, 7) is 0. The summed E-state index contributed by atoms with van der Waals surface area (Å²) in [6, 6.07) is 12.5. The molecule has 5 nitrogen and oxygen atoms in total. The maximum Gasteiger partial charge on any atom is 0.257 e. The van der Waals surface area contributed by atoms with Gasteiger partial charge in [0.15, 0.2) is 6.29 Å². The van der Waals surface area contributed by atoms with Gasteiger partial charge in [-0.3, -0.25) is 14.4 Å². The third-order valence-electron chi connectivity index (χ3n) is 5.45. The number of halogens is 6. The van der Waals surface area contributed by atoms with Crippen LogP contribution in [0.1, 0.15) is 32.2 Å². The van der Waals surface area contributed by atoms with Gasteiger partial charge in [-0.2, -0.15) is 0 Å². The predicted molar refractivity (Wildman–Crippen MR) is 137 cm³/mol. The van der Waals surface area contributed by atoms with Crippen LogP contribution in [-0.2, 0) is 4.79 Å². The lowest BCUT2D eigenvalue weighted by atomic mass is 10.1. The number of benzene rings is 3. The van der Waals surface area contributed by atoms with Crippen LogP contribution in [0.15, 0.2) is 54.6 Å². The number of carbonyl (C=O) groups excluding carboxylic acids is 3. The van der Waals surface area contributed by atoms with E-state index >= 15 is 0 Å². The lowest BCUT2D eigenvalue weighted by Crippen LogP contribution is -2.18. The summed E-state index contributed by atoms with van der Waals surface area (Å²) in [4.78, 5) is 37.0. The minimum Gasteiger partial charge on any atom is -0.326 e. The van der Waals surface area contributed by atoms with Crippen molar-refractivity contribution in [3.05, 3.63) is 92.2 Å². The summed E-state index contributed by atoms with van der Waals surface area (Å²) in [5, 5.41) is 6.06. The van der Waals surface area contributed by atoms with Gasteiger partial charge in [0.1, 0.15) is 10.2 Å². The van der Waals surface area contributed by atoms with Crippen molar-refractivity contribution in [1.29, 1.82) is 0 Å². The number of anilines is 2. The van der Waals surface area contributed by atoms with Crippen molar-refractivity contribution in [1.82, 2.24) is 0 Å². The van der Waals surface area contributed by atoms with Gasteiger partial charge in [-0.15, -0.1) is 23.2 Å². The zero-order chi connectivity index (χ0) is 25.5. The van der Waals surface area contributed by atoms with Gasteiger partial charge < -0.3 is 10.6 Å². The molecule has 4 rings (SSSR count). The second kappa shape index (κ2) is 9.96. The Labute approximate surface area is 224 Å². The summed E-state index contributed by atoms with van der Waals surface area (Å²) >= 11 is 31.1. The quantitative estimate of drug-likeness (QED) is 0.238. The van der Waals surface area contributed by atoms with E-state index < -0.39 is 33.8 Å². The van der Waals surface area contributed by atoms with Gasteiger partial charge in [0, 0.05) is 27.2 Å². The highest BCUT2D eigenvalue weighted by molar-refractivity contribution is 6.53. The van der Waals surface area contributed by atoms with Gasteiger partial charge >= 0.3 is 0 Å². The van der Waals surface area contributed by atoms with Crippen molar-refractivity contribution in [2.45, 2.75) is 10.3 Å². The summed E-state index contributed by atoms with van der Waals surface area (Å²) in [6.07, 6.45) is 0.417. The van der Waals surface area contributed by atoms with E-state index in [1.165, 1.54) is 24.3 Å². The molecule has 2 N–H and O–H groups in total. The number of hydrogen-bond donors (Lipinski definition) is 2. The fourth-order valence-corrected chi connectivity index (χ4v) is 5.33. The first-order chi connectivity index (χ1) is 16.5. The molecule has 1 fully saturated rings. The van der Waals surface area contributed by atoms with E-state index in [2.05, 4.69) is 10.6 Å². The minimum atomic E-state index is -1.38. The lowest BCUT2D eigenvalue weighted by molar-refractivity contribution is -0.117. The molecule has 3 aromatic rings. The van der Waals surface area contributed by atoms with Gasteiger partial charge in [-0.1, -0.05) is 34.8 Å². The molecule has 35 heavy (non-hydrogen) atoms. The van der Waals surface area contributed by atoms with Crippen molar-refractivity contribution < 1.29 is 18.8 Å². The highest BCUT2D eigenvalue weighted by Gasteiger charge is 2.67. The predicted octanol–water partition coefficient (Wildman–Crippen LogP) is 7.38. The minimum absolute atomic E-state index is 0.0163. The SMILES string of the molecule is O=Cc1cc(F)ccc1NC(=O)c1cc(NC(=O)C2C(c3cc(Cl)cc(Cl)c3)C2(Cl)Cl)ccc1Cl. The van der Waals surface area contributed by atoms with Crippen LogP contribution in [0.5, 0.6) is 0 Å². The Bertz CT molecular complexity index is 1340. The van der Waals surface area contributed by atoms with Gasteiger partial charge in [0.05, 0.1) is 22.2 Å². The Morgan fingerprint density at radius 1 is 0.914 bits per heavy atom. The normalized spacial score (nSPS) is 18.0. The molecule has 0 aliphatic heterocycles. The molecule has 0 spiro atoms. The van der Waals surface area contributed by atoms with Crippen LogP contribution < -0.4 is 10.6 Å². The van der Waals surface area contributed by atoms with Crippen molar-refractivity contribution in [2.24, 2.45) is 5.92 Å². The maximum absolute atomic E-state index is 13.4. The summed E-state index contributed by atoms with van der Waals surface area (Å²) in [5.74, 6) is -3.12. The number of nitrogens with one attached hydrogen (secondary N) is 2. The average molecular weight is 575 g/mol. The van der Waals surface area contributed by atoms with Gasteiger partial charge in [-0.05, 0) is 60.2 Å². The molecule has 0 radical (unpaired) electrons. The van der Waals surface area contributed by atoms with Crippen LogP contribution in [0.25, 0.3) is 0 Å². The second-order valence-electron chi connectivity index (χ2n) is 7.82. The fourth-order valence-electron chi connectivity index (χ4n) is 3.75. The number of alkyl halides is 2. The fraction of sp³-hybridized carbons (Fsp3) is 0.125. The molecule has 1 saturated carbocycles. The van der Waals surface area contributed by atoms with Crippen LogP contribution >= 0.6 is 58.0 Å². The maximum atomic E-state index is 13.4. The zero-order valence-corrected chi connectivity index (χ0v) is 21.2. The molecule has 0 aromatic heterocycles. The van der Waals surface area contributed by atoms with E-state index in [1.807, 2.05) is 0 Å². The number of amides is 2. The molecule has 11 heteroatoms. The lowest BCUT2D eigenvalue weighted by Gasteiger charge is -2.11. The zero-order valence-electron chi connectivity index (χ0n) is 17.4. The Balaban J connectivity index is 1.52. The number of rotatable bonds is 6. The van der Waals surface area contributed by atoms with Gasteiger partial charge in [0.2, 0.25) is 5.91 Å². The number of aldehydes is 1. The van der Waals surface area contributed by atoms with E-state index in [-0.39, 0.29) is 27.5 Å². The van der Waals surface area contributed by atoms with Gasteiger partial charge in [0.25, 0.3) is 5.91 Å². The monoisotopic (exact) mass is 572 g/mol. The highest BCUT2D eigenvalue weighted by Crippen LogP contribution is 2.65. The first kappa shape index (κ1) is 25.7. The molecular weight excluding hydrogens is 561 g/mol. The Morgan fingerprint density at radius 2 is 1.60 bits per heavy atom. The molecule has 2 amide bonds. The highest BCUT2D eigenvalue weighted by atomic mass is 35.5. The number of hydrogen-bond acceptors (Lipinski definition) is 3. The molecule has 180 valence electrons. The van der Waals surface area contributed by atoms with E-state index in [4.69, 9.17) is 58.0 Å². The van der Waals surface area contributed by atoms with Crippen LogP contribution in [0.4, 0.5) is 15.8 Å². The standard InChI is InChI=1S/C24H14Cl5FN2O3/c25-13-5-11(6-14(26)8-13)20-21(24(20,28)29)23(35)31-16-2-3-18(27)17(9-16)22(34)32-19-4-1-15(30)7-12(19)10-33/h1-10,20-21H,(H,31,35)(H,32,34). The summed E-state index contributed by atoms with van der Waals surface area (Å²) in [5.41, 5.74) is 0.960. The van der Waals surface area contributed by atoms with E-state index in [1.54, 1.807) is 18.2 Å². The summed E-state index contributed by atoms with van der Waals surface area (Å²) in [7, 11) is 0. The molecule has 2 atom stereocenters. The molecule has 2 unspecified atom stereocenters.